The van der Waals surface area contributed by atoms with Crippen LogP contribution >= 0.6 is 0 Å². The molecule has 0 saturated heterocycles. The van der Waals surface area contributed by atoms with Crippen molar-refractivity contribution >= 4 is 5.84 Å². The van der Waals surface area contributed by atoms with Crippen LogP contribution in [0, 0.1) is 22.7 Å². The van der Waals surface area contributed by atoms with Gasteiger partial charge in [-0.15, -0.1) is 0 Å². The predicted octanol–water partition coefficient (Wildman–Crippen LogP) is 0.659. The van der Waals surface area contributed by atoms with Gasteiger partial charge in [-0.2, -0.15) is 10.5 Å². The normalized spacial score (nSPS) is 28.6. The van der Waals surface area contributed by atoms with Gasteiger partial charge in [0.05, 0.1) is 35.2 Å². The highest BCUT2D eigenvalue weighted by atomic mass is 15.1. The summed E-state index contributed by atoms with van der Waals surface area (Å²) < 4.78 is 0. The first-order valence-electron chi connectivity index (χ1n) is 4.29. The molecule has 68 valence electrons. The Kier molecular flexibility index (Phi) is 1.83. The van der Waals surface area contributed by atoms with Gasteiger partial charge in [0.1, 0.15) is 6.04 Å². The Morgan fingerprint density at radius 2 is 1.93 bits per heavy atom. The molecule has 0 aromatic carbocycles. The van der Waals surface area contributed by atoms with Crippen LogP contribution in [0.4, 0.5) is 0 Å². The van der Waals surface area contributed by atoms with Crippen molar-refractivity contribution in [3.05, 3.63) is 23.3 Å². The fourth-order valence-electron chi connectivity index (χ4n) is 1.71. The van der Waals surface area contributed by atoms with E-state index in [1.165, 1.54) is 0 Å². The van der Waals surface area contributed by atoms with Crippen LogP contribution in [0.25, 0.3) is 0 Å². The maximum Gasteiger partial charge on any atom is 0.112 e. The van der Waals surface area contributed by atoms with E-state index in [4.69, 9.17) is 10.5 Å². The Bertz CT molecular complexity index is 442. The third-order valence-corrected chi connectivity index (χ3v) is 2.37. The van der Waals surface area contributed by atoms with Gasteiger partial charge in [0.25, 0.3) is 0 Å². The molecule has 0 saturated carbocycles. The molecule has 2 aliphatic rings. The van der Waals surface area contributed by atoms with Crippen molar-refractivity contribution < 1.29 is 0 Å². The Morgan fingerprint density at radius 3 is 2.57 bits per heavy atom. The van der Waals surface area contributed by atoms with E-state index in [1.54, 1.807) is 12.2 Å². The Morgan fingerprint density at radius 1 is 1.29 bits per heavy atom. The van der Waals surface area contributed by atoms with Gasteiger partial charge in [0.2, 0.25) is 0 Å². The molecular weight excluding hydrogens is 176 g/mol. The predicted molar refractivity (Wildman–Crippen MR) is 51.2 cm³/mol. The van der Waals surface area contributed by atoms with Crippen LogP contribution in [0.15, 0.2) is 28.3 Å². The molecule has 1 N–H and O–H groups in total. The Hall–Kier alpha value is -2.07. The van der Waals surface area contributed by atoms with Crippen LogP contribution in [0.1, 0.15) is 6.92 Å². The molecule has 1 aliphatic heterocycles. The maximum absolute atomic E-state index is 8.86. The van der Waals surface area contributed by atoms with Crippen LogP contribution < -0.4 is 5.32 Å². The molecule has 0 fully saturated rings. The van der Waals surface area contributed by atoms with E-state index >= 15 is 0 Å². The van der Waals surface area contributed by atoms with Crippen LogP contribution in [0.5, 0.6) is 0 Å². The van der Waals surface area contributed by atoms with Gasteiger partial charge in [0, 0.05) is 0 Å². The molecule has 0 aromatic rings. The van der Waals surface area contributed by atoms with E-state index in [0.717, 1.165) is 5.84 Å². The maximum atomic E-state index is 8.86. The van der Waals surface area contributed by atoms with E-state index in [-0.39, 0.29) is 12.1 Å². The molecule has 1 aliphatic carbocycles. The van der Waals surface area contributed by atoms with E-state index in [2.05, 4.69) is 22.4 Å². The summed E-state index contributed by atoms with van der Waals surface area (Å²) in [6.45, 7) is 1.84. The molecule has 2 unspecified atom stereocenters. The number of fused-ring (bicyclic) bond motifs is 1. The third-order valence-electron chi connectivity index (χ3n) is 2.37. The quantitative estimate of drug-likeness (QED) is 0.601. The number of hydrogen-bond donors (Lipinski definition) is 1. The number of nitrogens with zero attached hydrogens (tertiary/aromatic N) is 3. The molecule has 14 heavy (non-hydrogen) atoms. The number of aliphatic imine (C=N–C) groups is 1. The van der Waals surface area contributed by atoms with Crippen molar-refractivity contribution in [1.82, 2.24) is 5.32 Å². The SMILES string of the molecule is CC1=NC2C(C#N)=CC=C(C#N)C2N1. The van der Waals surface area contributed by atoms with E-state index in [0.29, 0.717) is 11.1 Å². The van der Waals surface area contributed by atoms with Crippen molar-refractivity contribution in [2.45, 2.75) is 19.0 Å². The number of amidine groups is 1. The molecule has 0 spiro atoms. The summed E-state index contributed by atoms with van der Waals surface area (Å²) in [6, 6.07) is 3.86. The number of nitriles is 2. The number of allylic oxidation sites excluding steroid dienone is 2. The van der Waals surface area contributed by atoms with Crippen LogP contribution in [-0.2, 0) is 0 Å². The minimum Gasteiger partial charge on any atom is -0.364 e. The minimum absolute atomic E-state index is 0.139. The summed E-state index contributed by atoms with van der Waals surface area (Å²) >= 11 is 0. The third kappa shape index (κ3) is 1.09. The second-order valence-electron chi connectivity index (χ2n) is 3.25. The zero-order chi connectivity index (χ0) is 10.1. The van der Waals surface area contributed by atoms with Gasteiger partial charge < -0.3 is 5.32 Å². The summed E-state index contributed by atoms with van der Waals surface area (Å²) in [7, 11) is 0. The van der Waals surface area contributed by atoms with Gasteiger partial charge in [-0.3, -0.25) is 4.99 Å². The van der Waals surface area contributed by atoms with Gasteiger partial charge in [-0.1, -0.05) is 0 Å². The van der Waals surface area contributed by atoms with E-state index in [9.17, 15) is 0 Å². The lowest BCUT2D eigenvalue weighted by Gasteiger charge is -2.19. The molecule has 4 heteroatoms. The summed E-state index contributed by atoms with van der Waals surface area (Å²) in [5, 5.41) is 20.8. The summed E-state index contributed by atoms with van der Waals surface area (Å²) in [4.78, 5) is 4.28. The van der Waals surface area contributed by atoms with Crippen molar-refractivity contribution in [1.29, 1.82) is 10.5 Å². The van der Waals surface area contributed by atoms with Crippen LogP contribution in [-0.4, -0.2) is 17.9 Å². The molecule has 0 radical (unpaired) electrons. The molecule has 4 nitrogen and oxygen atoms in total. The largest absolute Gasteiger partial charge is 0.364 e. The molecule has 0 bridgehead atoms. The fraction of sp³-hybridized carbons (Fsp3) is 0.300. The van der Waals surface area contributed by atoms with Crippen molar-refractivity contribution in [3.63, 3.8) is 0 Å². The van der Waals surface area contributed by atoms with E-state index in [1.807, 2.05) is 6.92 Å². The van der Waals surface area contributed by atoms with Crippen molar-refractivity contribution in [3.8, 4) is 12.1 Å². The molecule has 2 rings (SSSR count). The second kappa shape index (κ2) is 3.01. The number of rotatable bonds is 0. The second-order valence-corrected chi connectivity index (χ2v) is 3.25. The number of hydrogen-bond acceptors (Lipinski definition) is 4. The summed E-state index contributed by atoms with van der Waals surface area (Å²) in [5.74, 6) is 0.782. The monoisotopic (exact) mass is 184 g/mol. The van der Waals surface area contributed by atoms with Gasteiger partial charge >= 0.3 is 0 Å². The summed E-state index contributed by atoms with van der Waals surface area (Å²) in [5.41, 5.74) is 1.24. The standard InChI is InChI=1S/C10H8N4/c1-6-13-9-7(4-11)2-3-8(5-12)10(9)14-6/h2-3,9-10H,1H3,(H,13,14). The highest BCUT2D eigenvalue weighted by Gasteiger charge is 2.34. The van der Waals surface area contributed by atoms with Crippen molar-refractivity contribution in [2.24, 2.45) is 4.99 Å². The van der Waals surface area contributed by atoms with Crippen LogP contribution in [0.2, 0.25) is 0 Å². The van der Waals surface area contributed by atoms with Crippen molar-refractivity contribution in [2.75, 3.05) is 0 Å². The molecule has 1 heterocycles. The first kappa shape index (κ1) is 8.52. The Labute approximate surface area is 81.9 Å². The average Bonchev–Trinajstić information content (AvgIpc) is 2.57. The van der Waals surface area contributed by atoms with Gasteiger partial charge in [-0.25, -0.2) is 0 Å². The first-order chi connectivity index (χ1) is 6.76. The lowest BCUT2D eigenvalue weighted by atomic mass is 9.91. The summed E-state index contributed by atoms with van der Waals surface area (Å²) in [6.07, 6.45) is 3.35. The highest BCUT2D eigenvalue weighted by molar-refractivity contribution is 5.84. The van der Waals surface area contributed by atoms with Crippen LogP contribution in [0.3, 0.4) is 0 Å². The molecular formula is C10H8N4. The average molecular weight is 184 g/mol. The molecule has 0 amide bonds. The molecule has 2 atom stereocenters. The first-order valence-corrected chi connectivity index (χ1v) is 4.29. The minimum atomic E-state index is -0.209. The topological polar surface area (TPSA) is 72.0 Å². The number of nitrogens with one attached hydrogen (secondary N) is 1. The lowest BCUT2D eigenvalue weighted by molar-refractivity contribution is 0.658. The fourth-order valence-corrected chi connectivity index (χ4v) is 1.71. The smallest absolute Gasteiger partial charge is 0.112 e. The zero-order valence-electron chi connectivity index (χ0n) is 7.65. The Balaban J connectivity index is 2.43. The molecule has 0 aromatic heterocycles. The van der Waals surface area contributed by atoms with E-state index < -0.39 is 0 Å². The zero-order valence-corrected chi connectivity index (χ0v) is 7.65. The lowest BCUT2D eigenvalue weighted by Crippen LogP contribution is -2.37. The van der Waals surface area contributed by atoms with Gasteiger partial charge in [0.15, 0.2) is 0 Å². The van der Waals surface area contributed by atoms with Gasteiger partial charge in [-0.05, 0) is 19.1 Å². The highest BCUT2D eigenvalue weighted by Crippen LogP contribution is 2.25.